The molecule has 1 saturated heterocycles. The average Bonchev–Trinajstić information content (AvgIpc) is 2.61. The Hall–Kier alpha value is -2.26. The second-order valence-electron chi connectivity index (χ2n) is 5.85. The summed E-state index contributed by atoms with van der Waals surface area (Å²) in [6.45, 7) is 1.55. The zero-order chi connectivity index (χ0) is 18.9. The van der Waals surface area contributed by atoms with Crippen LogP contribution in [0.5, 0.6) is 0 Å². The van der Waals surface area contributed by atoms with Crippen LogP contribution in [0.3, 0.4) is 0 Å². The van der Waals surface area contributed by atoms with E-state index in [2.05, 4.69) is 9.97 Å². The minimum atomic E-state index is -3.66. The van der Waals surface area contributed by atoms with Crippen LogP contribution >= 0.6 is 11.6 Å². The van der Waals surface area contributed by atoms with Crippen molar-refractivity contribution in [1.29, 1.82) is 0 Å². The van der Waals surface area contributed by atoms with Crippen molar-refractivity contribution in [2.45, 2.75) is 5.16 Å². The van der Waals surface area contributed by atoms with Gasteiger partial charge in [-0.15, -0.1) is 0 Å². The van der Waals surface area contributed by atoms with Gasteiger partial charge in [0.15, 0.2) is 5.69 Å². The summed E-state index contributed by atoms with van der Waals surface area (Å²) in [5.74, 6) is -0.792. The predicted octanol–water partition coefficient (Wildman–Crippen LogP) is 1.64. The van der Waals surface area contributed by atoms with Crippen LogP contribution in [0.4, 0.5) is 10.1 Å². The highest BCUT2D eigenvalue weighted by molar-refractivity contribution is 7.90. The SMILES string of the molecule is CS(=O)(=O)c1ncc(Cl)c(C(=O)N2CCN(c3ccccc3F)CC2)n1. The van der Waals surface area contributed by atoms with Gasteiger partial charge in [-0.3, -0.25) is 4.79 Å². The molecule has 0 N–H and O–H groups in total. The van der Waals surface area contributed by atoms with E-state index in [1.165, 1.54) is 11.0 Å². The van der Waals surface area contributed by atoms with Crippen molar-refractivity contribution >= 4 is 33.0 Å². The molecule has 0 unspecified atom stereocenters. The van der Waals surface area contributed by atoms with Crippen molar-refractivity contribution < 1.29 is 17.6 Å². The predicted molar refractivity (Wildman–Crippen MR) is 94.7 cm³/mol. The molecule has 1 aliphatic rings. The van der Waals surface area contributed by atoms with Crippen LogP contribution in [-0.2, 0) is 9.84 Å². The van der Waals surface area contributed by atoms with E-state index in [1.807, 2.05) is 4.90 Å². The van der Waals surface area contributed by atoms with Crippen molar-refractivity contribution in [3.8, 4) is 0 Å². The number of benzene rings is 1. The van der Waals surface area contributed by atoms with Crippen molar-refractivity contribution in [3.63, 3.8) is 0 Å². The van der Waals surface area contributed by atoms with E-state index in [9.17, 15) is 17.6 Å². The van der Waals surface area contributed by atoms with Gasteiger partial charge in [-0.2, -0.15) is 0 Å². The maximum atomic E-state index is 13.9. The summed E-state index contributed by atoms with van der Waals surface area (Å²) in [5, 5.41) is -0.464. The third kappa shape index (κ3) is 3.78. The molecule has 1 fully saturated rings. The van der Waals surface area contributed by atoms with E-state index in [1.54, 1.807) is 18.2 Å². The quantitative estimate of drug-likeness (QED) is 0.731. The molecule has 1 amide bonds. The summed E-state index contributed by atoms with van der Waals surface area (Å²) in [5.41, 5.74) is 0.334. The lowest BCUT2D eigenvalue weighted by atomic mass is 10.2. The van der Waals surface area contributed by atoms with Crippen LogP contribution < -0.4 is 4.90 Å². The van der Waals surface area contributed by atoms with Gasteiger partial charge in [-0.05, 0) is 12.1 Å². The van der Waals surface area contributed by atoms with Crippen LogP contribution in [-0.4, -0.2) is 61.6 Å². The summed E-state index contributed by atoms with van der Waals surface area (Å²) in [4.78, 5) is 23.5. The molecule has 0 atom stereocenters. The summed E-state index contributed by atoms with van der Waals surface area (Å²) < 4.78 is 37.1. The number of sulfone groups is 1. The van der Waals surface area contributed by atoms with E-state index in [0.29, 0.717) is 31.9 Å². The Balaban J connectivity index is 1.76. The summed E-state index contributed by atoms with van der Waals surface area (Å²) >= 11 is 5.98. The van der Waals surface area contributed by atoms with Crippen molar-refractivity contribution in [2.24, 2.45) is 0 Å². The normalized spacial score (nSPS) is 15.2. The van der Waals surface area contributed by atoms with E-state index < -0.39 is 20.9 Å². The second-order valence-corrected chi connectivity index (χ2v) is 8.17. The number of rotatable bonds is 3. The van der Waals surface area contributed by atoms with Crippen LogP contribution in [0.25, 0.3) is 0 Å². The van der Waals surface area contributed by atoms with Gasteiger partial charge in [0, 0.05) is 32.4 Å². The molecule has 26 heavy (non-hydrogen) atoms. The fourth-order valence-electron chi connectivity index (χ4n) is 2.69. The minimum absolute atomic E-state index is 0.0149. The van der Waals surface area contributed by atoms with Gasteiger partial charge in [-0.25, -0.2) is 22.8 Å². The van der Waals surface area contributed by atoms with Gasteiger partial charge in [0.1, 0.15) is 5.82 Å². The topological polar surface area (TPSA) is 83.5 Å². The molecule has 0 spiro atoms. The Morgan fingerprint density at radius 3 is 2.46 bits per heavy atom. The number of amides is 1. The maximum absolute atomic E-state index is 13.9. The van der Waals surface area contributed by atoms with Gasteiger partial charge in [0.25, 0.3) is 5.91 Å². The Morgan fingerprint density at radius 2 is 1.85 bits per heavy atom. The molecule has 7 nitrogen and oxygen atoms in total. The van der Waals surface area contributed by atoms with Gasteiger partial charge < -0.3 is 9.80 Å². The van der Waals surface area contributed by atoms with Gasteiger partial charge in [0.05, 0.1) is 16.9 Å². The van der Waals surface area contributed by atoms with Crippen molar-refractivity contribution in [3.05, 3.63) is 47.0 Å². The Bertz CT molecular complexity index is 946. The van der Waals surface area contributed by atoms with Crippen LogP contribution in [0.15, 0.2) is 35.6 Å². The summed E-state index contributed by atoms with van der Waals surface area (Å²) in [6, 6.07) is 6.45. The Kier molecular flexibility index (Phi) is 5.10. The number of para-hydroxylation sites is 1. The molecule has 138 valence electrons. The molecule has 0 aliphatic carbocycles. The molecule has 0 radical (unpaired) electrons. The minimum Gasteiger partial charge on any atom is -0.366 e. The third-order valence-corrected chi connectivity index (χ3v) is 5.15. The Morgan fingerprint density at radius 1 is 1.19 bits per heavy atom. The second kappa shape index (κ2) is 7.16. The number of halogens is 2. The number of hydrogen-bond donors (Lipinski definition) is 0. The maximum Gasteiger partial charge on any atom is 0.274 e. The lowest BCUT2D eigenvalue weighted by Gasteiger charge is -2.36. The fraction of sp³-hybridized carbons (Fsp3) is 0.312. The molecular weight excluding hydrogens is 383 g/mol. The summed E-state index contributed by atoms with van der Waals surface area (Å²) in [7, 11) is -3.66. The number of nitrogens with zero attached hydrogens (tertiary/aromatic N) is 4. The number of carbonyl (C=O) groups excluding carboxylic acids is 1. The number of aromatic nitrogens is 2. The molecule has 0 saturated carbocycles. The first-order valence-electron chi connectivity index (χ1n) is 7.78. The average molecular weight is 399 g/mol. The number of anilines is 1. The van der Waals surface area contributed by atoms with Crippen molar-refractivity contribution in [1.82, 2.24) is 14.9 Å². The lowest BCUT2D eigenvalue weighted by molar-refractivity contribution is 0.0740. The molecule has 0 bridgehead atoms. The first-order chi connectivity index (χ1) is 12.3. The van der Waals surface area contributed by atoms with E-state index in [0.717, 1.165) is 12.5 Å². The standard InChI is InChI=1S/C16H16ClFN4O3S/c1-26(24,25)16-19-10-11(17)14(20-16)15(23)22-8-6-21(7-9-22)13-5-3-2-4-12(13)18/h2-5,10H,6-9H2,1H3. The molecule has 1 aliphatic heterocycles. The smallest absolute Gasteiger partial charge is 0.274 e. The molecule has 2 aromatic rings. The van der Waals surface area contributed by atoms with Gasteiger partial charge in [-0.1, -0.05) is 23.7 Å². The highest BCUT2D eigenvalue weighted by Crippen LogP contribution is 2.22. The van der Waals surface area contributed by atoms with Crippen molar-refractivity contribution in [2.75, 3.05) is 37.3 Å². The van der Waals surface area contributed by atoms with E-state index in [-0.39, 0.29) is 16.5 Å². The first-order valence-corrected chi connectivity index (χ1v) is 10.1. The third-order valence-electron chi connectivity index (χ3n) is 4.02. The first kappa shape index (κ1) is 18.5. The molecule has 1 aromatic carbocycles. The van der Waals surface area contributed by atoms with Crippen LogP contribution in [0.2, 0.25) is 5.02 Å². The highest BCUT2D eigenvalue weighted by atomic mass is 35.5. The number of hydrogen-bond acceptors (Lipinski definition) is 6. The molecular formula is C16H16ClFN4O3S. The van der Waals surface area contributed by atoms with Gasteiger partial charge >= 0.3 is 0 Å². The van der Waals surface area contributed by atoms with Crippen LogP contribution in [0.1, 0.15) is 10.5 Å². The molecule has 3 rings (SSSR count). The zero-order valence-electron chi connectivity index (χ0n) is 13.9. The molecule has 1 aromatic heterocycles. The summed E-state index contributed by atoms with van der Waals surface area (Å²) in [6.07, 6.45) is 2.06. The highest BCUT2D eigenvalue weighted by Gasteiger charge is 2.27. The number of piperazine rings is 1. The van der Waals surface area contributed by atoms with E-state index in [4.69, 9.17) is 11.6 Å². The van der Waals surface area contributed by atoms with E-state index >= 15 is 0 Å². The molecule has 10 heteroatoms. The zero-order valence-corrected chi connectivity index (χ0v) is 15.5. The largest absolute Gasteiger partial charge is 0.366 e. The Labute approximate surface area is 155 Å². The monoisotopic (exact) mass is 398 g/mol. The lowest BCUT2D eigenvalue weighted by Crippen LogP contribution is -2.49. The van der Waals surface area contributed by atoms with Gasteiger partial charge in [0.2, 0.25) is 15.0 Å². The van der Waals surface area contributed by atoms with Crippen LogP contribution in [0, 0.1) is 5.82 Å². The number of carbonyl (C=O) groups is 1. The molecule has 2 heterocycles. The fourth-order valence-corrected chi connectivity index (χ4v) is 3.36.